The van der Waals surface area contributed by atoms with Gasteiger partial charge in [-0.3, -0.25) is 9.36 Å². The van der Waals surface area contributed by atoms with E-state index in [0.717, 1.165) is 116 Å². The number of nitrogens with zero attached hydrogens (tertiary/aromatic N) is 1. The third-order valence-corrected chi connectivity index (χ3v) is 10.8. The van der Waals surface area contributed by atoms with Gasteiger partial charge >= 0.3 is 5.97 Å². The molecule has 0 amide bonds. The van der Waals surface area contributed by atoms with Crippen LogP contribution in [0.1, 0.15) is 168 Å². The Balaban J connectivity index is 4.26. The molecule has 0 spiro atoms. The molecule has 0 radical (unpaired) electrons. The van der Waals surface area contributed by atoms with Crippen molar-refractivity contribution in [3.05, 3.63) is 109 Å². The van der Waals surface area contributed by atoms with Crippen LogP contribution < -0.4 is 4.89 Å². The maximum atomic E-state index is 12.7. The Hall–Kier alpha value is -2.84. The molecule has 0 saturated carbocycles. The molecule has 0 aromatic heterocycles. The van der Waals surface area contributed by atoms with Gasteiger partial charge in [0.25, 0.3) is 7.82 Å². The first-order valence-corrected chi connectivity index (χ1v) is 26.1. The average molecular weight is 898 g/mol. The zero-order chi connectivity index (χ0) is 46.2. The van der Waals surface area contributed by atoms with Gasteiger partial charge in [-0.2, -0.15) is 0 Å². The molecule has 2 atom stereocenters. The van der Waals surface area contributed by atoms with Gasteiger partial charge in [0.1, 0.15) is 19.3 Å². The van der Waals surface area contributed by atoms with Crippen molar-refractivity contribution in [3.8, 4) is 0 Å². The number of unbranched alkanes of at least 4 members (excludes halogenated alkanes) is 12. The summed E-state index contributed by atoms with van der Waals surface area (Å²) in [6.45, 7) is 5.10. The molecule has 0 fully saturated rings. The molecule has 0 aliphatic rings. The van der Waals surface area contributed by atoms with Crippen molar-refractivity contribution >= 4 is 13.8 Å². The van der Waals surface area contributed by atoms with Gasteiger partial charge in [-0.05, 0) is 96.3 Å². The van der Waals surface area contributed by atoms with Crippen molar-refractivity contribution in [2.24, 2.45) is 0 Å². The lowest BCUT2D eigenvalue weighted by Crippen LogP contribution is -2.37. The molecule has 0 aliphatic heterocycles. The first-order valence-electron chi connectivity index (χ1n) is 24.6. The number of carbonyl (C=O) groups is 1. The molecule has 360 valence electrons. The van der Waals surface area contributed by atoms with Crippen LogP contribution in [0.2, 0.25) is 0 Å². The summed E-state index contributed by atoms with van der Waals surface area (Å²) in [5.74, 6) is -0.359. The Kier molecular flexibility index (Phi) is 43.7. The molecule has 0 saturated heterocycles. The van der Waals surface area contributed by atoms with Crippen LogP contribution in [0.4, 0.5) is 0 Å². The quantitative estimate of drug-likeness (QED) is 0.0198. The van der Waals surface area contributed by atoms with E-state index in [1.54, 1.807) is 0 Å². The lowest BCUT2D eigenvalue weighted by Gasteiger charge is -2.28. The number of rotatable bonds is 44. The van der Waals surface area contributed by atoms with E-state index >= 15 is 0 Å². The van der Waals surface area contributed by atoms with Gasteiger partial charge in [-0.25, -0.2) is 0 Å². The number of phosphoric acid groups is 1. The van der Waals surface area contributed by atoms with E-state index in [4.69, 9.17) is 18.5 Å². The van der Waals surface area contributed by atoms with Crippen molar-refractivity contribution in [1.82, 2.24) is 0 Å². The van der Waals surface area contributed by atoms with Crippen molar-refractivity contribution < 1.29 is 37.3 Å². The van der Waals surface area contributed by atoms with Crippen LogP contribution in [0.15, 0.2) is 109 Å². The highest BCUT2D eigenvalue weighted by Gasteiger charge is 2.20. The zero-order valence-corrected chi connectivity index (χ0v) is 41.6. The Bertz CT molecular complexity index is 1370. The molecule has 8 nitrogen and oxygen atoms in total. The Morgan fingerprint density at radius 3 is 1.30 bits per heavy atom. The summed E-state index contributed by atoms with van der Waals surface area (Å²) in [6, 6.07) is 0. The lowest BCUT2D eigenvalue weighted by molar-refractivity contribution is -0.870. The van der Waals surface area contributed by atoms with Crippen molar-refractivity contribution in [1.29, 1.82) is 0 Å². The lowest BCUT2D eigenvalue weighted by atomic mass is 10.1. The Morgan fingerprint density at radius 1 is 0.492 bits per heavy atom. The molecule has 0 bridgehead atoms. The first kappa shape index (κ1) is 60.2. The molecule has 0 heterocycles. The van der Waals surface area contributed by atoms with E-state index in [-0.39, 0.29) is 32.2 Å². The standard InChI is InChI=1S/C54H92NO7P/c1-6-8-10-12-14-16-18-20-22-24-26-27-28-30-32-34-36-38-40-42-44-46-49-59-51-53(52-61-63(57,58)60-50-48-55(3,4)5)62-54(56)47-45-43-41-39-37-35-33-31-29-25-23-21-19-17-15-13-11-9-7-2/h8-11,14-17,20-23,26-27,29-32,53H,6-7,12-13,18-19,24-25,28,33-52H2,1-5H3/b10-8-,11-9-,16-14-,17-15-,22-20-,23-21-,27-26-,31-29-,32-30-. The number of phosphoric ester groups is 1. The van der Waals surface area contributed by atoms with Crippen LogP contribution in [0, 0.1) is 0 Å². The minimum Gasteiger partial charge on any atom is -0.756 e. The van der Waals surface area contributed by atoms with Gasteiger partial charge in [0.15, 0.2) is 0 Å². The van der Waals surface area contributed by atoms with Crippen molar-refractivity contribution in [2.75, 3.05) is 54.1 Å². The molecule has 63 heavy (non-hydrogen) atoms. The molecule has 0 rings (SSSR count). The third-order valence-electron chi connectivity index (χ3n) is 9.82. The molecule has 0 aromatic rings. The highest BCUT2D eigenvalue weighted by molar-refractivity contribution is 7.45. The van der Waals surface area contributed by atoms with Gasteiger partial charge in [0.05, 0.1) is 34.4 Å². The normalized spacial score (nSPS) is 14.6. The van der Waals surface area contributed by atoms with Crippen LogP contribution in [-0.2, 0) is 27.9 Å². The van der Waals surface area contributed by atoms with Gasteiger partial charge in [-0.1, -0.05) is 175 Å². The summed E-state index contributed by atoms with van der Waals surface area (Å²) in [7, 11) is 1.31. The molecular weight excluding hydrogens is 806 g/mol. The predicted molar refractivity (Wildman–Crippen MR) is 268 cm³/mol. The summed E-state index contributed by atoms with van der Waals surface area (Å²) in [5, 5.41) is 0. The number of likely N-dealkylation sites (N-methyl/N-ethyl adjacent to an activating group) is 1. The van der Waals surface area contributed by atoms with Crippen LogP contribution in [-0.4, -0.2) is 70.7 Å². The van der Waals surface area contributed by atoms with E-state index in [1.165, 1.54) is 32.1 Å². The smallest absolute Gasteiger partial charge is 0.306 e. The maximum absolute atomic E-state index is 12.7. The van der Waals surface area contributed by atoms with E-state index in [2.05, 4.69) is 123 Å². The van der Waals surface area contributed by atoms with Crippen LogP contribution >= 0.6 is 7.82 Å². The minimum absolute atomic E-state index is 0.0129. The molecule has 9 heteroatoms. The SMILES string of the molecule is CC/C=C\C/C=C\C/C=C\C/C=C\C/C=C\CCCCCCCCOCC(COP(=O)([O-])OCC[N+](C)(C)C)OC(=O)CCCCCCCC/C=C\C/C=C\C/C=C\C/C=C\CC. The van der Waals surface area contributed by atoms with Crippen LogP contribution in [0.3, 0.4) is 0 Å². The van der Waals surface area contributed by atoms with E-state index < -0.39 is 13.9 Å². The Morgan fingerprint density at radius 2 is 0.873 bits per heavy atom. The fraction of sp³-hybridized carbons (Fsp3) is 0.648. The van der Waals surface area contributed by atoms with Crippen molar-refractivity contribution in [2.45, 2.75) is 174 Å². The fourth-order valence-electron chi connectivity index (χ4n) is 6.09. The van der Waals surface area contributed by atoms with Crippen LogP contribution in [0.25, 0.3) is 0 Å². The van der Waals surface area contributed by atoms with Gasteiger partial charge < -0.3 is 27.9 Å². The first-order chi connectivity index (χ1) is 30.6. The number of esters is 1. The second kappa shape index (κ2) is 45.7. The highest BCUT2D eigenvalue weighted by atomic mass is 31.2. The zero-order valence-electron chi connectivity index (χ0n) is 40.7. The maximum Gasteiger partial charge on any atom is 0.306 e. The van der Waals surface area contributed by atoms with Crippen molar-refractivity contribution in [3.63, 3.8) is 0 Å². The largest absolute Gasteiger partial charge is 0.756 e. The topological polar surface area (TPSA) is 94.1 Å². The van der Waals surface area contributed by atoms with Gasteiger partial charge in [0.2, 0.25) is 0 Å². The summed E-state index contributed by atoms with van der Waals surface area (Å²) in [5.41, 5.74) is 0. The monoisotopic (exact) mass is 898 g/mol. The number of hydrogen-bond donors (Lipinski definition) is 0. The highest BCUT2D eigenvalue weighted by Crippen LogP contribution is 2.38. The summed E-state index contributed by atoms with van der Waals surface area (Å²) >= 11 is 0. The number of allylic oxidation sites excluding steroid dienone is 18. The summed E-state index contributed by atoms with van der Waals surface area (Å²) in [4.78, 5) is 25.2. The minimum atomic E-state index is -4.55. The average Bonchev–Trinajstić information content (AvgIpc) is 3.24. The summed E-state index contributed by atoms with van der Waals surface area (Å²) in [6.07, 6.45) is 63.9. The number of quaternary nitrogens is 1. The Labute approximate surface area is 387 Å². The second-order valence-electron chi connectivity index (χ2n) is 17.1. The van der Waals surface area contributed by atoms with Crippen LogP contribution in [0.5, 0.6) is 0 Å². The van der Waals surface area contributed by atoms with E-state index in [1.807, 2.05) is 21.1 Å². The number of hydrogen-bond acceptors (Lipinski definition) is 7. The number of carbonyl (C=O) groups excluding carboxylic acids is 1. The van der Waals surface area contributed by atoms with E-state index in [9.17, 15) is 14.3 Å². The molecule has 0 aliphatic carbocycles. The third kappa shape index (κ3) is 50.0. The fourth-order valence-corrected chi connectivity index (χ4v) is 6.82. The van der Waals surface area contributed by atoms with Gasteiger partial charge in [0, 0.05) is 13.0 Å². The number of ether oxygens (including phenoxy) is 2. The molecule has 2 unspecified atom stereocenters. The predicted octanol–water partition coefficient (Wildman–Crippen LogP) is 14.5. The summed E-state index contributed by atoms with van der Waals surface area (Å²) < 4.78 is 34.7. The van der Waals surface area contributed by atoms with E-state index in [0.29, 0.717) is 17.6 Å². The van der Waals surface area contributed by atoms with Gasteiger partial charge in [-0.15, -0.1) is 0 Å². The molecule has 0 aromatic carbocycles. The second-order valence-corrected chi connectivity index (χ2v) is 18.5. The molecular formula is C54H92NO7P. The molecule has 0 N–H and O–H groups in total.